The van der Waals surface area contributed by atoms with Crippen molar-refractivity contribution >= 4 is 75.9 Å². The number of thioether (sulfide) groups is 1. The highest BCUT2D eigenvalue weighted by Gasteiger charge is 2.21. The summed E-state index contributed by atoms with van der Waals surface area (Å²) in [6, 6.07) is 8.92. The molecule has 4 aromatic rings. The first-order valence-electron chi connectivity index (χ1n) is 13.3. The summed E-state index contributed by atoms with van der Waals surface area (Å²) in [5, 5.41) is 11.1. The lowest BCUT2D eigenvalue weighted by Crippen LogP contribution is -2.07. The van der Waals surface area contributed by atoms with E-state index in [9.17, 15) is 34.4 Å². The standard InChI is InChI=1S/C26H28N6O11S4/c1-4-43-25-28-24(29-26(30-25)44-9-6-10-45(33,34)35)27-20-11-15(2)19(14-21(20)42-3)32-31-16-12-18-17(23(13-16)47(39,40)41)7-5-8-22(18)46(36,37)38/h5,7-8,11-14H,4,6,9-10H2,1-3H3,(H,33,34,35)(H,36,37,38)(H,39,40,41)(H,27,28,29,30). The van der Waals surface area contributed by atoms with Crippen molar-refractivity contribution in [3.8, 4) is 11.8 Å². The summed E-state index contributed by atoms with van der Waals surface area (Å²) in [4.78, 5) is 11.5. The molecule has 252 valence electrons. The molecule has 3 aromatic carbocycles. The van der Waals surface area contributed by atoms with Gasteiger partial charge in [-0.2, -0.15) is 50.4 Å². The zero-order valence-electron chi connectivity index (χ0n) is 24.8. The van der Waals surface area contributed by atoms with E-state index in [1.165, 1.54) is 31.4 Å². The molecule has 1 aromatic heterocycles. The van der Waals surface area contributed by atoms with E-state index in [0.717, 1.165) is 23.9 Å². The number of benzene rings is 3. The Balaban J connectivity index is 1.67. The lowest BCUT2D eigenvalue weighted by atomic mass is 10.1. The molecule has 0 aliphatic rings. The minimum Gasteiger partial charge on any atom is -0.494 e. The van der Waals surface area contributed by atoms with Crippen molar-refractivity contribution in [3.63, 3.8) is 0 Å². The van der Waals surface area contributed by atoms with Gasteiger partial charge in [-0.05, 0) is 50.1 Å². The average molecular weight is 729 g/mol. The van der Waals surface area contributed by atoms with Crippen LogP contribution in [0.4, 0.5) is 23.0 Å². The Kier molecular flexibility index (Phi) is 11.0. The molecule has 0 aliphatic heterocycles. The number of fused-ring (bicyclic) bond motifs is 1. The second-order valence-corrected chi connectivity index (χ2v) is 15.0. The van der Waals surface area contributed by atoms with E-state index in [1.54, 1.807) is 19.9 Å². The molecule has 0 bridgehead atoms. The van der Waals surface area contributed by atoms with Crippen LogP contribution in [0.15, 0.2) is 67.6 Å². The van der Waals surface area contributed by atoms with Crippen LogP contribution in [0.2, 0.25) is 0 Å². The summed E-state index contributed by atoms with van der Waals surface area (Å²) in [6.07, 6.45) is 0.156. The van der Waals surface area contributed by atoms with E-state index in [0.29, 0.717) is 11.3 Å². The Morgan fingerprint density at radius 2 is 1.62 bits per heavy atom. The highest BCUT2D eigenvalue weighted by atomic mass is 32.2. The number of aromatic nitrogens is 3. The number of hydrogen-bond donors (Lipinski definition) is 4. The zero-order chi connectivity index (χ0) is 34.6. The monoisotopic (exact) mass is 728 g/mol. The number of rotatable bonds is 14. The summed E-state index contributed by atoms with van der Waals surface area (Å²) >= 11 is 1.13. The number of nitrogens with zero attached hydrogens (tertiary/aromatic N) is 5. The van der Waals surface area contributed by atoms with Gasteiger partial charge in [0.25, 0.3) is 30.4 Å². The van der Waals surface area contributed by atoms with Crippen LogP contribution >= 0.6 is 11.8 Å². The van der Waals surface area contributed by atoms with Crippen molar-refractivity contribution in [1.82, 2.24) is 15.0 Å². The Morgan fingerprint density at radius 1 is 0.894 bits per heavy atom. The predicted molar refractivity (Wildman–Crippen MR) is 172 cm³/mol. The van der Waals surface area contributed by atoms with Gasteiger partial charge in [0.1, 0.15) is 15.5 Å². The average Bonchev–Trinajstić information content (AvgIpc) is 2.97. The van der Waals surface area contributed by atoms with Crippen molar-refractivity contribution < 1.29 is 48.4 Å². The zero-order valence-corrected chi connectivity index (χ0v) is 28.1. The van der Waals surface area contributed by atoms with Crippen molar-refractivity contribution in [2.45, 2.75) is 35.2 Å². The molecular weight excluding hydrogens is 701 g/mol. The van der Waals surface area contributed by atoms with Crippen molar-refractivity contribution in [2.75, 3.05) is 30.5 Å². The SMILES string of the molecule is CCOc1nc(Nc2cc(C)c(N=Nc3cc(S(=O)(=O)O)c4cccc(S(=O)(=O)O)c4c3)cc2OC)nc(SCCCS(=O)(=O)O)n1. The molecule has 47 heavy (non-hydrogen) atoms. The molecule has 17 nitrogen and oxygen atoms in total. The van der Waals surface area contributed by atoms with Gasteiger partial charge >= 0.3 is 6.01 Å². The van der Waals surface area contributed by atoms with Gasteiger partial charge in [0.2, 0.25) is 5.95 Å². The number of nitrogens with one attached hydrogen (secondary N) is 1. The minimum absolute atomic E-state index is 0.0141. The Labute approximate surface area is 274 Å². The molecule has 4 N–H and O–H groups in total. The van der Waals surface area contributed by atoms with Gasteiger partial charge in [-0.1, -0.05) is 23.9 Å². The van der Waals surface area contributed by atoms with E-state index in [1.807, 2.05) is 0 Å². The number of anilines is 2. The Bertz CT molecular complexity index is 2180. The largest absolute Gasteiger partial charge is 0.494 e. The highest BCUT2D eigenvalue weighted by Crippen LogP contribution is 2.37. The van der Waals surface area contributed by atoms with Crippen molar-refractivity contribution in [1.29, 1.82) is 0 Å². The first-order valence-corrected chi connectivity index (χ1v) is 18.8. The van der Waals surface area contributed by atoms with Gasteiger partial charge in [0.05, 0.1) is 36.5 Å². The molecule has 21 heteroatoms. The maximum absolute atomic E-state index is 12.1. The third kappa shape index (κ3) is 9.53. The molecule has 1 heterocycles. The molecule has 0 saturated heterocycles. The lowest BCUT2D eigenvalue weighted by molar-refractivity contribution is 0.308. The third-order valence-corrected chi connectivity index (χ3v) is 9.69. The topological polar surface area (TPSA) is 257 Å². The van der Waals surface area contributed by atoms with Gasteiger partial charge in [-0.3, -0.25) is 13.7 Å². The molecule has 0 fully saturated rings. The van der Waals surface area contributed by atoms with Gasteiger partial charge in [-0.15, -0.1) is 0 Å². The highest BCUT2D eigenvalue weighted by molar-refractivity contribution is 7.99. The molecule has 0 radical (unpaired) electrons. The second kappa shape index (κ2) is 14.4. The molecule has 0 saturated carbocycles. The Hall–Kier alpha value is -3.99. The maximum Gasteiger partial charge on any atom is 0.322 e. The fraction of sp³-hybridized carbons (Fsp3) is 0.269. The maximum atomic E-state index is 12.1. The molecular formula is C26H28N6O11S4. The van der Waals surface area contributed by atoms with E-state index in [2.05, 4.69) is 30.5 Å². The van der Waals surface area contributed by atoms with Gasteiger partial charge in [0.15, 0.2) is 5.16 Å². The summed E-state index contributed by atoms with van der Waals surface area (Å²) in [5.41, 5.74) is 1.07. The van der Waals surface area contributed by atoms with Crippen LogP contribution in [0.5, 0.6) is 11.8 Å². The van der Waals surface area contributed by atoms with E-state index in [4.69, 9.17) is 14.0 Å². The summed E-state index contributed by atoms with van der Waals surface area (Å²) in [5.74, 6) is 0.215. The number of hydrogen-bond acceptors (Lipinski definition) is 15. The van der Waals surface area contributed by atoms with Crippen molar-refractivity contribution in [2.24, 2.45) is 10.2 Å². The van der Waals surface area contributed by atoms with Crippen LogP contribution in [0.25, 0.3) is 10.8 Å². The molecule has 0 spiro atoms. The smallest absolute Gasteiger partial charge is 0.322 e. The number of ether oxygens (including phenoxy) is 2. The van der Waals surface area contributed by atoms with Gasteiger partial charge in [0, 0.05) is 22.6 Å². The fourth-order valence-corrected chi connectivity index (χ4v) is 7.03. The summed E-state index contributed by atoms with van der Waals surface area (Å²) in [6.45, 7) is 3.69. The van der Waals surface area contributed by atoms with Crippen LogP contribution in [0.3, 0.4) is 0 Å². The van der Waals surface area contributed by atoms with Crippen LogP contribution in [0.1, 0.15) is 18.9 Å². The van der Waals surface area contributed by atoms with Gasteiger partial charge in [-0.25, -0.2) is 0 Å². The lowest BCUT2D eigenvalue weighted by Gasteiger charge is -2.13. The predicted octanol–water partition coefficient (Wildman–Crippen LogP) is 4.76. The van der Waals surface area contributed by atoms with E-state index in [-0.39, 0.29) is 63.8 Å². The van der Waals surface area contributed by atoms with Crippen LogP contribution < -0.4 is 14.8 Å². The van der Waals surface area contributed by atoms with Crippen LogP contribution in [0, 0.1) is 6.92 Å². The second-order valence-electron chi connectivity index (χ2n) is 9.55. The number of azo groups is 1. The molecule has 0 atom stereocenters. The molecule has 0 aliphatic carbocycles. The normalized spacial score (nSPS) is 12.5. The van der Waals surface area contributed by atoms with E-state index >= 15 is 0 Å². The minimum atomic E-state index is -4.84. The Morgan fingerprint density at radius 3 is 2.26 bits per heavy atom. The molecule has 4 rings (SSSR count). The van der Waals surface area contributed by atoms with Crippen LogP contribution in [-0.4, -0.2) is 79.1 Å². The van der Waals surface area contributed by atoms with E-state index < -0.39 is 45.9 Å². The fourth-order valence-electron chi connectivity index (χ4n) is 4.15. The molecule has 0 unspecified atom stereocenters. The number of methoxy groups -OCH3 is 1. The summed E-state index contributed by atoms with van der Waals surface area (Å²) < 4.78 is 110. The van der Waals surface area contributed by atoms with Crippen molar-refractivity contribution in [3.05, 3.63) is 48.0 Å². The van der Waals surface area contributed by atoms with Gasteiger partial charge < -0.3 is 14.8 Å². The third-order valence-electron chi connectivity index (χ3n) is 6.14. The first-order chi connectivity index (χ1) is 22.0. The number of aryl methyl sites for hydroxylation is 1. The first kappa shape index (κ1) is 35.9. The summed E-state index contributed by atoms with van der Waals surface area (Å²) in [7, 11) is -12.3. The quantitative estimate of drug-likeness (QED) is 0.0590. The molecule has 0 amide bonds. The van der Waals surface area contributed by atoms with Crippen LogP contribution in [-0.2, 0) is 30.4 Å².